The summed E-state index contributed by atoms with van der Waals surface area (Å²) in [7, 11) is 1.59. The molecule has 1 N–H and O–H groups in total. The number of anilines is 2. The van der Waals surface area contributed by atoms with Crippen molar-refractivity contribution in [2.45, 2.75) is 51.5 Å². The molecule has 2 aromatic carbocycles. The second-order valence-electron chi connectivity index (χ2n) is 8.04. The molecule has 0 aromatic heterocycles. The zero-order valence-corrected chi connectivity index (χ0v) is 20.6. The summed E-state index contributed by atoms with van der Waals surface area (Å²) >= 11 is 11.7. The summed E-state index contributed by atoms with van der Waals surface area (Å²) in [5, 5.41) is 3.88. The van der Waals surface area contributed by atoms with E-state index in [1.807, 2.05) is 4.90 Å². The second kappa shape index (κ2) is 12.0. The molecule has 1 aliphatic heterocycles. The fourth-order valence-electron chi connectivity index (χ4n) is 3.86. The molecule has 0 aliphatic carbocycles. The first-order chi connectivity index (χ1) is 15.9. The third kappa shape index (κ3) is 6.45. The molecule has 8 heteroatoms. The number of unbranched alkanes of at least 4 members (excludes halogenated alkanes) is 4. The number of hydrogen-bond donors (Lipinski definition) is 1. The van der Waals surface area contributed by atoms with E-state index >= 15 is 0 Å². The highest BCUT2D eigenvalue weighted by molar-refractivity contribution is 7.80. The number of methoxy groups -OCH3 is 1. The second-order valence-corrected chi connectivity index (χ2v) is 8.84. The summed E-state index contributed by atoms with van der Waals surface area (Å²) < 4.78 is 5.15. The lowest BCUT2D eigenvalue weighted by Crippen LogP contribution is -2.38. The fourth-order valence-corrected chi connectivity index (χ4v) is 4.40. The molecule has 1 atom stereocenters. The van der Waals surface area contributed by atoms with Crippen molar-refractivity contribution in [1.29, 1.82) is 0 Å². The van der Waals surface area contributed by atoms with Crippen molar-refractivity contribution in [2.75, 3.05) is 23.9 Å². The average Bonchev–Trinajstić information content (AvgIpc) is 3.04. The molecule has 176 valence electrons. The molecule has 1 unspecified atom stereocenters. The van der Waals surface area contributed by atoms with E-state index in [0.717, 1.165) is 19.3 Å². The summed E-state index contributed by atoms with van der Waals surface area (Å²) in [5.41, 5.74) is 1.30. The molecule has 1 saturated heterocycles. The van der Waals surface area contributed by atoms with Crippen LogP contribution in [0.2, 0.25) is 5.02 Å². The number of benzene rings is 2. The molecule has 0 spiro atoms. The standard InChI is InChI=1S/C25H30ClN3O3S/c1-3-4-5-6-7-16-28-22(17-23(30)27-19-10-14-21(32-2)15-11-19)24(31)29(25(28)33)20-12-8-18(26)9-13-20/h8-15,22H,3-7,16-17H2,1-2H3,(H,27,30). The van der Waals surface area contributed by atoms with Gasteiger partial charge in [0.25, 0.3) is 5.91 Å². The summed E-state index contributed by atoms with van der Waals surface area (Å²) in [6.45, 7) is 2.81. The normalized spacial score (nSPS) is 15.8. The monoisotopic (exact) mass is 487 g/mol. The number of hydrogen-bond acceptors (Lipinski definition) is 4. The number of ether oxygens (including phenoxy) is 1. The lowest BCUT2D eigenvalue weighted by molar-refractivity contribution is -0.124. The molecule has 0 bridgehead atoms. The lowest BCUT2D eigenvalue weighted by atomic mass is 10.1. The highest BCUT2D eigenvalue weighted by atomic mass is 35.5. The van der Waals surface area contributed by atoms with Crippen molar-refractivity contribution in [3.05, 3.63) is 53.6 Å². The molecule has 1 fully saturated rings. The number of carbonyl (C=O) groups excluding carboxylic acids is 2. The van der Waals surface area contributed by atoms with Crippen LogP contribution < -0.4 is 15.0 Å². The van der Waals surface area contributed by atoms with Gasteiger partial charge in [0.15, 0.2) is 5.11 Å². The Hall–Kier alpha value is -2.64. The zero-order valence-electron chi connectivity index (χ0n) is 19.1. The van der Waals surface area contributed by atoms with Gasteiger partial charge < -0.3 is 15.0 Å². The Labute approximate surface area is 205 Å². The van der Waals surface area contributed by atoms with Crippen LogP contribution >= 0.6 is 23.8 Å². The SMILES string of the molecule is CCCCCCCN1C(=S)N(c2ccc(Cl)cc2)C(=O)C1CC(=O)Nc1ccc(OC)cc1. The van der Waals surface area contributed by atoms with Gasteiger partial charge in [-0.1, -0.05) is 44.2 Å². The van der Waals surface area contributed by atoms with Crippen LogP contribution in [0.3, 0.4) is 0 Å². The van der Waals surface area contributed by atoms with Gasteiger partial charge in [0.05, 0.1) is 19.2 Å². The van der Waals surface area contributed by atoms with Crippen LogP contribution in [0.1, 0.15) is 45.4 Å². The minimum absolute atomic E-state index is 0.0179. The maximum atomic E-state index is 13.4. The summed E-state index contributed by atoms with van der Waals surface area (Å²) in [6, 6.07) is 13.4. The van der Waals surface area contributed by atoms with Crippen LogP contribution in [0.25, 0.3) is 0 Å². The topological polar surface area (TPSA) is 61.9 Å². The number of rotatable bonds is 11. The van der Waals surface area contributed by atoms with Gasteiger partial charge in [-0.3, -0.25) is 14.5 Å². The van der Waals surface area contributed by atoms with Gasteiger partial charge in [-0.2, -0.15) is 0 Å². The molecule has 33 heavy (non-hydrogen) atoms. The van der Waals surface area contributed by atoms with E-state index in [4.69, 9.17) is 28.6 Å². The van der Waals surface area contributed by atoms with Crippen LogP contribution in [0.15, 0.2) is 48.5 Å². The van der Waals surface area contributed by atoms with E-state index in [9.17, 15) is 9.59 Å². The molecular weight excluding hydrogens is 458 g/mol. The first-order valence-corrected chi connectivity index (χ1v) is 12.1. The van der Waals surface area contributed by atoms with Crippen LogP contribution in [-0.2, 0) is 9.59 Å². The molecule has 2 amide bonds. The number of thiocarbonyl (C=S) groups is 1. The van der Waals surface area contributed by atoms with Crippen molar-refractivity contribution >= 4 is 52.1 Å². The number of nitrogens with zero attached hydrogens (tertiary/aromatic N) is 2. The smallest absolute Gasteiger partial charge is 0.256 e. The predicted octanol–water partition coefficient (Wildman–Crippen LogP) is 5.65. The van der Waals surface area contributed by atoms with E-state index in [1.165, 1.54) is 17.7 Å². The minimum Gasteiger partial charge on any atom is -0.497 e. The number of carbonyl (C=O) groups is 2. The summed E-state index contributed by atoms with van der Waals surface area (Å²) in [5.74, 6) is 0.271. The Morgan fingerprint density at radius 3 is 2.36 bits per heavy atom. The maximum absolute atomic E-state index is 13.4. The minimum atomic E-state index is -0.641. The Bertz CT molecular complexity index is 966. The third-order valence-corrected chi connectivity index (χ3v) is 6.33. The predicted molar refractivity (Wildman–Crippen MR) is 137 cm³/mol. The lowest BCUT2D eigenvalue weighted by Gasteiger charge is -2.24. The van der Waals surface area contributed by atoms with Gasteiger partial charge in [0, 0.05) is 17.3 Å². The van der Waals surface area contributed by atoms with Crippen molar-refractivity contribution in [1.82, 2.24) is 4.90 Å². The Morgan fingerprint density at radius 1 is 1.06 bits per heavy atom. The highest BCUT2D eigenvalue weighted by Crippen LogP contribution is 2.29. The average molecular weight is 488 g/mol. The molecule has 0 radical (unpaired) electrons. The largest absolute Gasteiger partial charge is 0.497 e. The molecule has 2 aromatic rings. The van der Waals surface area contributed by atoms with Gasteiger partial charge in [0.2, 0.25) is 5.91 Å². The highest BCUT2D eigenvalue weighted by Gasteiger charge is 2.43. The van der Waals surface area contributed by atoms with E-state index in [0.29, 0.717) is 33.8 Å². The van der Waals surface area contributed by atoms with Gasteiger partial charge in [-0.25, -0.2) is 0 Å². The van der Waals surface area contributed by atoms with Gasteiger partial charge in [-0.05, 0) is 67.2 Å². The molecule has 6 nitrogen and oxygen atoms in total. The summed E-state index contributed by atoms with van der Waals surface area (Å²) in [6.07, 6.45) is 5.50. The zero-order chi connectivity index (χ0) is 23.8. The molecule has 3 rings (SSSR count). The van der Waals surface area contributed by atoms with Gasteiger partial charge >= 0.3 is 0 Å². The van der Waals surface area contributed by atoms with Crippen molar-refractivity contribution in [2.24, 2.45) is 0 Å². The fraction of sp³-hybridized carbons (Fsp3) is 0.400. The summed E-state index contributed by atoms with van der Waals surface area (Å²) in [4.78, 5) is 29.6. The van der Waals surface area contributed by atoms with E-state index in [-0.39, 0.29) is 18.2 Å². The Kier molecular flexibility index (Phi) is 9.09. The van der Waals surface area contributed by atoms with Gasteiger partial charge in [-0.15, -0.1) is 0 Å². The van der Waals surface area contributed by atoms with Crippen LogP contribution in [0, 0.1) is 0 Å². The van der Waals surface area contributed by atoms with E-state index < -0.39 is 6.04 Å². The van der Waals surface area contributed by atoms with E-state index in [1.54, 1.807) is 55.6 Å². The van der Waals surface area contributed by atoms with Crippen molar-refractivity contribution < 1.29 is 14.3 Å². The molecule has 1 aliphatic rings. The molecule has 0 saturated carbocycles. The van der Waals surface area contributed by atoms with Gasteiger partial charge in [0.1, 0.15) is 11.8 Å². The number of amides is 2. The number of halogens is 1. The third-order valence-electron chi connectivity index (χ3n) is 5.66. The van der Waals surface area contributed by atoms with Crippen LogP contribution in [0.5, 0.6) is 5.75 Å². The Balaban J connectivity index is 1.73. The van der Waals surface area contributed by atoms with Crippen LogP contribution in [-0.4, -0.2) is 41.5 Å². The maximum Gasteiger partial charge on any atom is 0.256 e. The quantitative estimate of drug-likeness (QED) is 0.328. The van der Waals surface area contributed by atoms with Crippen LogP contribution in [0.4, 0.5) is 11.4 Å². The van der Waals surface area contributed by atoms with Crippen molar-refractivity contribution in [3.8, 4) is 5.75 Å². The molecule has 1 heterocycles. The number of nitrogens with one attached hydrogen (secondary N) is 1. The first-order valence-electron chi connectivity index (χ1n) is 11.3. The Morgan fingerprint density at radius 2 is 1.73 bits per heavy atom. The van der Waals surface area contributed by atoms with Crippen molar-refractivity contribution in [3.63, 3.8) is 0 Å². The first kappa shape index (κ1) is 25.0. The molecular formula is C25H30ClN3O3S. The van der Waals surface area contributed by atoms with E-state index in [2.05, 4.69) is 12.2 Å².